The smallest absolute Gasteiger partial charge is 0.260 e. The van der Waals surface area contributed by atoms with Gasteiger partial charge in [-0.2, -0.15) is 0 Å². The molecule has 1 fully saturated rings. The molecule has 1 unspecified atom stereocenters. The molecule has 1 saturated heterocycles. The number of piperidine rings is 1. The van der Waals surface area contributed by atoms with Crippen LogP contribution in [0.15, 0.2) is 65.6 Å². The molecule has 29 heavy (non-hydrogen) atoms. The van der Waals surface area contributed by atoms with Gasteiger partial charge >= 0.3 is 0 Å². The van der Waals surface area contributed by atoms with E-state index in [1.807, 2.05) is 55.5 Å². The normalized spacial score (nSPS) is 15.9. The molecule has 0 saturated carbocycles. The molecule has 0 bridgehead atoms. The van der Waals surface area contributed by atoms with E-state index in [-0.39, 0.29) is 17.4 Å². The van der Waals surface area contributed by atoms with Crippen LogP contribution in [-0.2, 0) is 6.54 Å². The van der Waals surface area contributed by atoms with Gasteiger partial charge in [0.25, 0.3) is 5.56 Å². The summed E-state index contributed by atoms with van der Waals surface area (Å²) >= 11 is 0. The van der Waals surface area contributed by atoms with Gasteiger partial charge in [-0.1, -0.05) is 42.8 Å². The Bertz CT molecular complexity index is 1010. The van der Waals surface area contributed by atoms with Gasteiger partial charge in [0, 0.05) is 11.9 Å². The van der Waals surface area contributed by atoms with Crippen molar-refractivity contribution in [1.82, 2.24) is 14.5 Å². The molecule has 3 aromatic rings. The van der Waals surface area contributed by atoms with E-state index < -0.39 is 0 Å². The highest BCUT2D eigenvalue weighted by Crippen LogP contribution is 2.33. The first-order valence-electron chi connectivity index (χ1n) is 10.3. The zero-order valence-electron chi connectivity index (χ0n) is 16.8. The van der Waals surface area contributed by atoms with Crippen molar-refractivity contribution in [2.45, 2.75) is 38.8 Å². The monoisotopic (exact) mass is 389 g/mol. The van der Waals surface area contributed by atoms with Gasteiger partial charge in [0.15, 0.2) is 0 Å². The zero-order valence-corrected chi connectivity index (χ0v) is 16.8. The summed E-state index contributed by atoms with van der Waals surface area (Å²) < 4.78 is 1.75. The topological polar surface area (TPSA) is 58.4 Å². The fraction of sp³-hybridized carbons (Fsp3) is 0.333. The van der Waals surface area contributed by atoms with E-state index in [1.54, 1.807) is 16.8 Å². The Kier molecular flexibility index (Phi) is 5.76. The summed E-state index contributed by atoms with van der Waals surface area (Å²) in [5.74, 6) is 0.0537. The number of pyridine rings is 2. The number of hydrogen-bond acceptors (Lipinski definition) is 4. The van der Waals surface area contributed by atoms with Crippen LogP contribution in [0, 0.1) is 6.92 Å². The maximum atomic E-state index is 13.6. The lowest BCUT2D eigenvalue weighted by molar-refractivity contribution is 0.180. The first-order valence-corrected chi connectivity index (χ1v) is 10.3. The van der Waals surface area contributed by atoms with Crippen molar-refractivity contribution in [2.24, 2.45) is 0 Å². The summed E-state index contributed by atoms with van der Waals surface area (Å²) in [6.45, 7) is 4.14. The summed E-state index contributed by atoms with van der Waals surface area (Å²) in [5, 5.41) is 10.9. The number of likely N-dealkylation sites (tertiary alicyclic amines) is 1. The van der Waals surface area contributed by atoms with Gasteiger partial charge in [0.05, 0.1) is 23.8 Å². The molecule has 1 aromatic carbocycles. The van der Waals surface area contributed by atoms with Crippen LogP contribution in [0.2, 0.25) is 0 Å². The summed E-state index contributed by atoms with van der Waals surface area (Å²) in [6.07, 6.45) is 5.13. The van der Waals surface area contributed by atoms with Crippen LogP contribution in [0.1, 0.15) is 47.8 Å². The maximum Gasteiger partial charge on any atom is 0.260 e. The minimum Gasteiger partial charge on any atom is -0.507 e. The van der Waals surface area contributed by atoms with Crippen LogP contribution in [-0.4, -0.2) is 32.6 Å². The largest absolute Gasteiger partial charge is 0.507 e. The van der Waals surface area contributed by atoms with Crippen LogP contribution < -0.4 is 5.56 Å². The lowest BCUT2D eigenvalue weighted by Gasteiger charge is -2.34. The van der Waals surface area contributed by atoms with E-state index in [0.29, 0.717) is 12.1 Å². The first-order chi connectivity index (χ1) is 14.1. The molecule has 0 aliphatic carbocycles. The van der Waals surface area contributed by atoms with Gasteiger partial charge in [-0.25, -0.2) is 0 Å². The first kappa shape index (κ1) is 19.4. The highest BCUT2D eigenvalue weighted by Gasteiger charge is 2.30. The van der Waals surface area contributed by atoms with E-state index >= 15 is 0 Å². The Balaban J connectivity index is 1.84. The minimum atomic E-state index is -0.341. The second kappa shape index (κ2) is 8.62. The fourth-order valence-corrected chi connectivity index (χ4v) is 4.22. The lowest BCUT2D eigenvalue weighted by Crippen LogP contribution is -2.39. The van der Waals surface area contributed by atoms with Crippen molar-refractivity contribution in [3.63, 3.8) is 0 Å². The van der Waals surface area contributed by atoms with Crippen molar-refractivity contribution >= 4 is 0 Å². The zero-order chi connectivity index (χ0) is 20.2. The van der Waals surface area contributed by atoms with Gasteiger partial charge < -0.3 is 9.67 Å². The van der Waals surface area contributed by atoms with Crippen LogP contribution in [0.25, 0.3) is 0 Å². The SMILES string of the molecule is Cc1cc(O)c(C(c2ccccn2)N2CCCCC2)c(=O)n1Cc1ccccc1. The Hall–Kier alpha value is -2.92. The molecule has 5 heteroatoms. The highest BCUT2D eigenvalue weighted by atomic mass is 16.3. The standard InChI is InChI=1S/C24H27N3O2/c1-18-16-21(28)22(24(29)27(18)17-19-10-4-2-5-11-19)23(20-12-6-7-13-25-20)26-14-8-3-9-15-26/h2,4-7,10-13,16,23,28H,3,8-9,14-15,17H2,1H3. The molecule has 1 aliphatic rings. The summed E-state index contributed by atoms with van der Waals surface area (Å²) in [6, 6.07) is 17.1. The average molecular weight is 389 g/mol. The molecular weight excluding hydrogens is 362 g/mol. The highest BCUT2D eigenvalue weighted by molar-refractivity contribution is 5.39. The molecule has 0 spiro atoms. The number of hydrogen-bond donors (Lipinski definition) is 1. The quantitative estimate of drug-likeness (QED) is 0.719. The molecule has 5 nitrogen and oxygen atoms in total. The van der Waals surface area contributed by atoms with E-state index in [1.165, 1.54) is 6.42 Å². The Morgan fingerprint density at radius 1 is 1.03 bits per heavy atom. The number of nitrogens with zero attached hydrogens (tertiary/aromatic N) is 3. The molecule has 2 aromatic heterocycles. The second-order valence-corrected chi connectivity index (χ2v) is 7.72. The Morgan fingerprint density at radius 3 is 2.45 bits per heavy atom. The molecule has 3 heterocycles. The third-order valence-electron chi connectivity index (χ3n) is 5.70. The lowest BCUT2D eigenvalue weighted by atomic mass is 9.98. The van der Waals surface area contributed by atoms with Gasteiger partial charge in [-0.15, -0.1) is 0 Å². The number of rotatable bonds is 5. The van der Waals surface area contributed by atoms with Gasteiger partial charge in [-0.3, -0.25) is 14.7 Å². The van der Waals surface area contributed by atoms with Crippen molar-refractivity contribution in [3.8, 4) is 5.75 Å². The number of aromatic hydroxyl groups is 1. The van der Waals surface area contributed by atoms with Crippen LogP contribution >= 0.6 is 0 Å². The summed E-state index contributed by atoms with van der Waals surface area (Å²) in [7, 11) is 0. The van der Waals surface area contributed by atoms with Gasteiger partial charge in [0.2, 0.25) is 0 Å². The molecule has 4 rings (SSSR count). The number of benzene rings is 1. The van der Waals surface area contributed by atoms with Gasteiger partial charge in [-0.05, 0) is 56.6 Å². The van der Waals surface area contributed by atoms with E-state index in [4.69, 9.17) is 0 Å². The maximum absolute atomic E-state index is 13.6. The Morgan fingerprint density at radius 2 is 1.76 bits per heavy atom. The van der Waals surface area contributed by atoms with E-state index in [2.05, 4.69) is 9.88 Å². The van der Waals surface area contributed by atoms with Crippen molar-refractivity contribution < 1.29 is 5.11 Å². The number of aryl methyl sites for hydroxylation is 1. The van der Waals surface area contributed by atoms with Crippen LogP contribution in [0.4, 0.5) is 0 Å². The van der Waals surface area contributed by atoms with Crippen molar-refractivity contribution in [3.05, 3.63) is 93.7 Å². The van der Waals surface area contributed by atoms with Crippen molar-refractivity contribution in [1.29, 1.82) is 0 Å². The molecule has 0 radical (unpaired) electrons. The number of aromatic nitrogens is 2. The molecular formula is C24H27N3O2. The minimum absolute atomic E-state index is 0.0537. The summed E-state index contributed by atoms with van der Waals surface area (Å²) in [4.78, 5) is 20.5. The molecule has 1 atom stereocenters. The van der Waals surface area contributed by atoms with Crippen LogP contribution in [0.3, 0.4) is 0 Å². The molecule has 0 amide bonds. The van der Waals surface area contributed by atoms with Crippen molar-refractivity contribution in [2.75, 3.05) is 13.1 Å². The van der Waals surface area contributed by atoms with E-state index in [0.717, 1.165) is 42.9 Å². The molecule has 150 valence electrons. The fourth-order valence-electron chi connectivity index (χ4n) is 4.22. The Labute approximate surface area is 171 Å². The van der Waals surface area contributed by atoms with E-state index in [9.17, 15) is 9.90 Å². The predicted molar refractivity (Wildman–Crippen MR) is 114 cm³/mol. The average Bonchev–Trinajstić information content (AvgIpc) is 2.76. The second-order valence-electron chi connectivity index (χ2n) is 7.72. The van der Waals surface area contributed by atoms with Gasteiger partial charge in [0.1, 0.15) is 5.75 Å². The van der Waals surface area contributed by atoms with Crippen LogP contribution in [0.5, 0.6) is 5.75 Å². The predicted octanol–water partition coefficient (Wildman–Crippen LogP) is 3.88. The third kappa shape index (κ3) is 4.10. The third-order valence-corrected chi connectivity index (χ3v) is 5.70. The molecule has 1 aliphatic heterocycles. The molecule has 1 N–H and O–H groups in total. The summed E-state index contributed by atoms with van der Waals surface area (Å²) in [5.41, 5.74) is 2.89.